The van der Waals surface area contributed by atoms with E-state index in [4.69, 9.17) is 11.5 Å². The van der Waals surface area contributed by atoms with Gasteiger partial charge >= 0.3 is 0 Å². The van der Waals surface area contributed by atoms with Crippen molar-refractivity contribution in [3.63, 3.8) is 0 Å². The van der Waals surface area contributed by atoms with Gasteiger partial charge in [0.1, 0.15) is 0 Å². The molecule has 0 aromatic heterocycles. The molecule has 49 valence electrons. The molecule has 0 bridgehead atoms. The van der Waals surface area contributed by atoms with Crippen LogP contribution in [0.15, 0.2) is 0 Å². The van der Waals surface area contributed by atoms with E-state index in [1.54, 1.807) is 0 Å². The zero-order valence-electron chi connectivity index (χ0n) is 5.48. The fourth-order valence-corrected chi connectivity index (χ4v) is 0. The third kappa shape index (κ3) is 35.5. The Morgan fingerprint density at radius 2 is 1.50 bits per heavy atom. The van der Waals surface area contributed by atoms with Gasteiger partial charge in [0.05, 0.1) is 0 Å². The van der Waals surface area contributed by atoms with Gasteiger partial charge in [-0.1, -0.05) is 19.4 Å². The first-order valence-electron chi connectivity index (χ1n) is 2.88. The van der Waals surface area contributed by atoms with Crippen LogP contribution in [0.2, 0.25) is 6.04 Å². The number of hydrogen-bond acceptors (Lipinski definition) is 2. The van der Waals surface area contributed by atoms with Crippen molar-refractivity contribution in [2.24, 2.45) is 11.5 Å². The molecule has 8 heavy (non-hydrogen) atoms. The molecule has 0 amide bonds. The normalized spacial score (nSPS) is 7.50. The molecule has 0 aliphatic rings. The predicted molar refractivity (Wildman–Crippen MR) is 39.0 cm³/mol. The number of hydrogen-bond donors (Lipinski definition) is 2. The molecule has 3 heteroatoms. The van der Waals surface area contributed by atoms with E-state index in [1.165, 1.54) is 6.42 Å². The Bertz CT molecular complexity index is 18.4. The highest BCUT2D eigenvalue weighted by molar-refractivity contribution is 6.08. The Labute approximate surface area is 55.1 Å². The van der Waals surface area contributed by atoms with Crippen LogP contribution in [-0.4, -0.2) is 23.3 Å². The summed E-state index contributed by atoms with van der Waals surface area (Å²) in [5, 5.41) is 0. The Morgan fingerprint density at radius 3 is 1.50 bits per heavy atom. The van der Waals surface area contributed by atoms with Crippen LogP contribution in [0.3, 0.4) is 0 Å². The van der Waals surface area contributed by atoms with E-state index in [1.807, 2.05) is 0 Å². The van der Waals surface area contributed by atoms with Gasteiger partial charge < -0.3 is 11.5 Å². The summed E-state index contributed by atoms with van der Waals surface area (Å²) in [5.41, 5.74) is 9.81. The van der Waals surface area contributed by atoms with Crippen LogP contribution < -0.4 is 11.5 Å². The molecule has 0 fully saturated rings. The lowest BCUT2D eigenvalue weighted by molar-refractivity contribution is 0.976. The first kappa shape index (κ1) is 11.0. The van der Waals surface area contributed by atoms with Crippen LogP contribution in [-0.2, 0) is 0 Å². The fourth-order valence-electron chi connectivity index (χ4n) is 0. The molecule has 0 aliphatic carbocycles. The zero-order valence-corrected chi connectivity index (χ0v) is 6.48. The Balaban J connectivity index is 0. The molecule has 3 radical (unpaired) electrons. The lowest BCUT2D eigenvalue weighted by Crippen LogP contribution is -2.11. The molecule has 0 rings (SSSR count). The van der Waals surface area contributed by atoms with E-state index in [0.717, 1.165) is 6.04 Å². The summed E-state index contributed by atoms with van der Waals surface area (Å²) < 4.78 is 0. The van der Waals surface area contributed by atoms with E-state index >= 15 is 0 Å². The lowest BCUT2D eigenvalue weighted by atomic mass is 10.6. The van der Waals surface area contributed by atoms with E-state index in [2.05, 4.69) is 17.2 Å². The van der Waals surface area contributed by atoms with Gasteiger partial charge in [0.15, 0.2) is 0 Å². The van der Waals surface area contributed by atoms with Crippen molar-refractivity contribution in [3.05, 3.63) is 0 Å². The minimum atomic E-state index is 0.597. The highest BCUT2D eigenvalue weighted by Crippen LogP contribution is 1.73. The number of rotatable bonds is 2. The average Bonchev–Trinajstić information content (AvgIpc) is 1.88. The zero-order chi connectivity index (χ0) is 6.83. The molecule has 0 aromatic rings. The highest BCUT2D eigenvalue weighted by Gasteiger charge is 1.57. The maximum Gasteiger partial charge on any atom is 0.0222 e. The van der Waals surface area contributed by atoms with Crippen LogP contribution in [0.5, 0.6) is 0 Å². The standard InChI is InChI=1S/C3H7Si.C2H8N2/c1-2-3-4;3-1-2-4/h2-3H2,1H3;1-4H2. The molecule has 0 saturated carbocycles. The van der Waals surface area contributed by atoms with Gasteiger partial charge in [0.2, 0.25) is 0 Å². The third-order valence-electron chi connectivity index (χ3n) is 0.417. The van der Waals surface area contributed by atoms with Gasteiger partial charge in [-0.3, -0.25) is 0 Å². The van der Waals surface area contributed by atoms with Crippen molar-refractivity contribution < 1.29 is 0 Å². The maximum atomic E-state index is 4.90. The van der Waals surface area contributed by atoms with Crippen LogP contribution >= 0.6 is 0 Å². The molecule has 0 unspecified atom stereocenters. The van der Waals surface area contributed by atoms with E-state index in [-0.39, 0.29) is 0 Å². The predicted octanol–water partition coefficient (Wildman–Crippen LogP) is -0.113. The Hall–Kier alpha value is 0.137. The fraction of sp³-hybridized carbons (Fsp3) is 1.00. The van der Waals surface area contributed by atoms with Crippen molar-refractivity contribution in [2.75, 3.05) is 13.1 Å². The molecule has 0 aromatic carbocycles. The summed E-state index contributed by atoms with van der Waals surface area (Å²) in [6.45, 7) is 3.33. The van der Waals surface area contributed by atoms with Gasteiger partial charge in [-0.2, -0.15) is 0 Å². The highest BCUT2D eigenvalue weighted by atomic mass is 28.1. The SMILES string of the molecule is CCC[Si].NCCN. The number of nitrogens with two attached hydrogens (primary N) is 2. The van der Waals surface area contributed by atoms with Gasteiger partial charge in [-0.15, -0.1) is 0 Å². The molecule has 0 saturated heterocycles. The molecular formula is C5H15N2Si. The first-order chi connectivity index (χ1) is 3.83. The van der Waals surface area contributed by atoms with Crippen molar-refractivity contribution in [1.82, 2.24) is 0 Å². The minimum Gasteiger partial charge on any atom is -0.329 e. The monoisotopic (exact) mass is 131 g/mol. The van der Waals surface area contributed by atoms with Crippen molar-refractivity contribution in [2.45, 2.75) is 19.4 Å². The van der Waals surface area contributed by atoms with Gasteiger partial charge in [-0.25, -0.2) is 0 Å². The topological polar surface area (TPSA) is 52.0 Å². The summed E-state index contributed by atoms with van der Waals surface area (Å²) >= 11 is 0. The van der Waals surface area contributed by atoms with Crippen molar-refractivity contribution in [1.29, 1.82) is 0 Å². The van der Waals surface area contributed by atoms with E-state index < -0.39 is 0 Å². The smallest absolute Gasteiger partial charge is 0.0222 e. The molecule has 2 nitrogen and oxygen atoms in total. The van der Waals surface area contributed by atoms with Gasteiger partial charge in [0.25, 0.3) is 0 Å². The van der Waals surface area contributed by atoms with Crippen LogP contribution in [0.4, 0.5) is 0 Å². The minimum absolute atomic E-state index is 0.597. The average molecular weight is 131 g/mol. The van der Waals surface area contributed by atoms with Crippen molar-refractivity contribution in [3.8, 4) is 0 Å². The molecule has 0 spiro atoms. The van der Waals surface area contributed by atoms with Crippen LogP contribution in [0, 0.1) is 0 Å². The van der Waals surface area contributed by atoms with Crippen LogP contribution in [0.1, 0.15) is 13.3 Å². The maximum absolute atomic E-state index is 4.90. The van der Waals surface area contributed by atoms with Crippen LogP contribution in [0.25, 0.3) is 0 Å². The molecule has 0 aliphatic heterocycles. The summed E-state index contributed by atoms with van der Waals surface area (Å²) in [4.78, 5) is 0. The Morgan fingerprint density at radius 1 is 1.25 bits per heavy atom. The second kappa shape index (κ2) is 15.7. The van der Waals surface area contributed by atoms with E-state index in [9.17, 15) is 0 Å². The first-order valence-corrected chi connectivity index (χ1v) is 3.58. The lowest BCUT2D eigenvalue weighted by Gasteiger charge is -1.72. The molecular weight excluding hydrogens is 116 g/mol. The van der Waals surface area contributed by atoms with Crippen molar-refractivity contribution >= 4 is 10.2 Å². The van der Waals surface area contributed by atoms with Gasteiger partial charge in [0, 0.05) is 23.3 Å². The molecule has 4 N–H and O–H groups in total. The van der Waals surface area contributed by atoms with Gasteiger partial charge in [-0.05, 0) is 0 Å². The second-order valence-electron chi connectivity index (χ2n) is 1.33. The second-order valence-corrected chi connectivity index (χ2v) is 1.83. The summed E-state index contributed by atoms with van der Waals surface area (Å²) in [5.74, 6) is 0. The third-order valence-corrected chi connectivity index (χ3v) is 0.917. The quantitative estimate of drug-likeness (QED) is 0.514. The Kier molecular flexibility index (Phi) is 21.6. The van der Waals surface area contributed by atoms with E-state index in [0.29, 0.717) is 13.1 Å². The summed E-state index contributed by atoms with van der Waals surface area (Å²) in [6.07, 6.45) is 1.23. The largest absolute Gasteiger partial charge is 0.329 e. The summed E-state index contributed by atoms with van der Waals surface area (Å²) in [6, 6.07) is 1.12. The summed E-state index contributed by atoms with van der Waals surface area (Å²) in [7, 11) is 3.29. The molecule has 0 atom stereocenters. The molecule has 0 heterocycles.